The molecule has 0 aliphatic carbocycles. The van der Waals surface area contributed by atoms with Crippen LogP contribution < -0.4 is 4.72 Å². The van der Waals surface area contributed by atoms with Gasteiger partial charge in [-0.05, 0) is 56.2 Å². The zero-order valence-electron chi connectivity index (χ0n) is 18.0. The van der Waals surface area contributed by atoms with Crippen molar-refractivity contribution in [1.82, 2.24) is 4.72 Å². The second-order valence-electron chi connectivity index (χ2n) is 8.19. The van der Waals surface area contributed by atoms with Crippen molar-refractivity contribution < 1.29 is 13.5 Å². The van der Waals surface area contributed by atoms with E-state index >= 15 is 0 Å². The normalized spacial score (nSPS) is 14.4. The third-order valence-corrected chi connectivity index (χ3v) is 6.63. The highest BCUT2D eigenvalue weighted by molar-refractivity contribution is 7.89. The average Bonchev–Trinajstić information content (AvgIpc) is 2.60. The lowest BCUT2D eigenvalue weighted by Gasteiger charge is -2.24. The first-order valence-corrected chi connectivity index (χ1v) is 11.6. The van der Waals surface area contributed by atoms with Gasteiger partial charge in [0, 0.05) is 0 Å². The summed E-state index contributed by atoms with van der Waals surface area (Å²) in [6.07, 6.45) is 3.93. The lowest BCUT2D eigenvalue weighted by molar-refractivity contribution is 0.182. The highest BCUT2D eigenvalue weighted by Gasteiger charge is 2.27. The van der Waals surface area contributed by atoms with Crippen LogP contribution in [0.5, 0.6) is 0 Å². The summed E-state index contributed by atoms with van der Waals surface area (Å²) >= 11 is 0. The van der Waals surface area contributed by atoms with E-state index in [1.54, 1.807) is 19.9 Å². The maximum atomic E-state index is 13.2. The van der Waals surface area contributed by atoms with Gasteiger partial charge in [0.15, 0.2) is 0 Å². The van der Waals surface area contributed by atoms with Gasteiger partial charge < -0.3 is 5.11 Å². The van der Waals surface area contributed by atoms with Gasteiger partial charge in [0.05, 0.1) is 17.0 Å². The summed E-state index contributed by atoms with van der Waals surface area (Å²) < 4.78 is 29.2. The molecule has 0 aliphatic heterocycles. The molecule has 29 heavy (non-hydrogen) atoms. The Balaban J connectivity index is 2.34. The number of hydrogen-bond donors (Lipinski definition) is 2. The fraction of sp³-hybridized carbons (Fsp3) is 0.417. The molecule has 0 heterocycles. The minimum atomic E-state index is -3.79. The maximum absolute atomic E-state index is 13.2. The molecule has 0 saturated carbocycles. The van der Waals surface area contributed by atoms with Crippen LogP contribution in [0.1, 0.15) is 42.5 Å². The SMILES string of the molecule is Cc1cc(C)c(S(=O)(=O)N[C@H](Cc2ccccc2)[C@@H](O)/C=C/CC(C)C)c(C)c1. The molecule has 158 valence electrons. The molecule has 2 rings (SSSR count). The van der Waals surface area contributed by atoms with E-state index in [-0.39, 0.29) is 0 Å². The largest absolute Gasteiger partial charge is 0.387 e. The molecule has 5 heteroatoms. The summed E-state index contributed by atoms with van der Waals surface area (Å²) in [7, 11) is -3.79. The standard InChI is InChI=1S/C24H33NO3S/c1-17(2)10-9-13-23(26)22(16-21-11-7-6-8-12-21)25-29(27,28)24-19(4)14-18(3)15-20(24)5/h6-9,11-15,17,22-23,25-26H,10,16H2,1-5H3/b13-9+/t22-,23+/m1/s1. The van der Waals surface area contributed by atoms with E-state index in [1.807, 2.05) is 55.5 Å². The van der Waals surface area contributed by atoms with Gasteiger partial charge in [-0.1, -0.05) is 74.0 Å². The van der Waals surface area contributed by atoms with Crippen molar-refractivity contribution in [2.45, 2.75) is 64.5 Å². The summed E-state index contributed by atoms with van der Waals surface area (Å²) in [5.41, 5.74) is 3.40. The first-order chi connectivity index (χ1) is 13.6. The molecule has 2 N–H and O–H groups in total. The number of nitrogens with one attached hydrogen (secondary N) is 1. The summed E-state index contributed by atoms with van der Waals surface area (Å²) in [6, 6.07) is 12.7. The molecule has 0 fully saturated rings. The summed E-state index contributed by atoms with van der Waals surface area (Å²) in [6.45, 7) is 9.76. The smallest absolute Gasteiger partial charge is 0.241 e. The van der Waals surface area contributed by atoms with E-state index in [4.69, 9.17) is 0 Å². The highest BCUT2D eigenvalue weighted by atomic mass is 32.2. The molecule has 2 atom stereocenters. The van der Waals surface area contributed by atoms with Crippen LogP contribution in [0, 0.1) is 26.7 Å². The van der Waals surface area contributed by atoms with Crippen LogP contribution >= 0.6 is 0 Å². The van der Waals surface area contributed by atoms with Crippen molar-refractivity contribution in [1.29, 1.82) is 0 Å². The van der Waals surface area contributed by atoms with E-state index in [2.05, 4.69) is 18.6 Å². The molecular weight excluding hydrogens is 382 g/mol. The van der Waals surface area contributed by atoms with E-state index in [0.29, 0.717) is 28.4 Å². The lowest BCUT2D eigenvalue weighted by Crippen LogP contribution is -2.44. The van der Waals surface area contributed by atoms with Crippen molar-refractivity contribution in [3.05, 3.63) is 76.9 Å². The Morgan fingerprint density at radius 3 is 2.17 bits per heavy atom. The summed E-state index contributed by atoms with van der Waals surface area (Å²) in [4.78, 5) is 0.291. The number of aliphatic hydroxyl groups excluding tert-OH is 1. The predicted molar refractivity (Wildman–Crippen MR) is 120 cm³/mol. The number of hydrogen-bond acceptors (Lipinski definition) is 3. The van der Waals surface area contributed by atoms with Crippen molar-refractivity contribution in [2.24, 2.45) is 5.92 Å². The maximum Gasteiger partial charge on any atom is 0.241 e. The number of rotatable bonds is 9. The zero-order valence-corrected chi connectivity index (χ0v) is 18.8. The molecule has 0 aliphatic rings. The molecule has 0 radical (unpaired) electrons. The van der Waals surface area contributed by atoms with Gasteiger partial charge in [-0.3, -0.25) is 0 Å². The Kier molecular flexibility index (Phi) is 8.20. The van der Waals surface area contributed by atoms with E-state index in [1.165, 1.54) is 0 Å². The number of aryl methyl sites for hydroxylation is 3. The van der Waals surface area contributed by atoms with Gasteiger partial charge in [0.2, 0.25) is 10.0 Å². The molecule has 2 aromatic rings. The van der Waals surface area contributed by atoms with E-state index < -0.39 is 22.2 Å². The van der Waals surface area contributed by atoms with Crippen LogP contribution in [0.4, 0.5) is 0 Å². The molecule has 2 aromatic carbocycles. The Bertz CT molecular complexity index is 911. The molecule has 0 amide bonds. The van der Waals surface area contributed by atoms with Gasteiger partial charge in [-0.15, -0.1) is 0 Å². The molecule has 0 saturated heterocycles. The topological polar surface area (TPSA) is 66.4 Å². The predicted octanol–water partition coefficient (Wildman–Crippen LogP) is 4.46. The molecule has 0 spiro atoms. The van der Waals surface area contributed by atoms with Crippen LogP contribution in [-0.2, 0) is 16.4 Å². The van der Waals surface area contributed by atoms with Crippen LogP contribution in [0.15, 0.2) is 59.5 Å². The van der Waals surface area contributed by atoms with Crippen molar-refractivity contribution >= 4 is 10.0 Å². The highest BCUT2D eigenvalue weighted by Crippen LogP contribution is 2.23. The van der Waals surface area contributed by atoms with Crippen molar-refractivity contribution in [3.63, 3.8) is 0 Å². The molecule has 0 unspecified atom stereocenters. The van der Waals surface area contributed by atoms with Crippen LogP contribution in [0.3, 0.4) is 0 Å². The fourth-order valence-corrected chi connectivity index (χ4v) is 5.28. The molecular formula is C24H33NO3S. The Morgan fingerprint density at radius 1 is 1.03 bits per heavy atom. The van der Waals surface area contributed by atoms with Gasteiger partial charge in [-0.2, -0.15) is 0 Å². The number of benzene rings is 2. The van der Waals surface area contributed by atoms with Crippen molar-refractivity contribution in [2.75, 3.05) is 0 Å². The van der Waals surface area contributed by atoms with Gasteiger partial charge in [0.25, 0.3) is 0 Å². The Morgan fingerprint density at radius 2 is 1.62 bits per heavy atom. The van der Waals surface area contributed by atoms with Crippen molar-refractivity contribution in [3.8, 4) is 0 Å². The monoisotopic (exact) mass is 415 g/mol. The van der Waals surface area contributed by atoms with Gasteiger partial charge in [0.1, 0.15) is 0 Å². The average molecular weight is 416 g/mol. The number of allylic oxidation sites excluding steroid dienone is 1. The first kappa shape index (κ1) is 23.3. The van der Waals surface area contributed by atoms with Crippen LogP contribution in [0.25, 0.3) is 0 Å². The first-order valence-electron chi connectivity index (χ1n) is 10.1. The summed E-state index contributed by atoms with van der Waals surface area (Å²) in [5.74, 6) is 0.473. The molecule has 0 aromatic heterocycles. The Hall–Kier alpha value is -1.95. The second-order valence-corrected chi connectivity index (χ2v) is 9.84. The Labute approximate surface area is 175 Å². The van der Waals surface area contributed by atoms with Crippen LogP contribution in [-0.4, -0.2) is 25.7 Å². The fourth-order valence-electron chi connectivity index (χ4n) is 3.57. The number of aliphatic hydroxyl groups is 1. The van der Waals surface area contributed by atoms with E-state index in [0.717, 1.165) is 17.5 Å². The third-order valence-electron chi connectivity index (χ3n) is 4.83. The minimum Gasteiger partial charge on any atom is -0.387 e. The lowest BCUT2D eigenvalue weighted by atomic mass is 10.0. The van der Waals surface area contributed by atoms with Gasteiger partial charge >= 0.3 is 0 Å². The third kappa shape index (κ3) is 6.81. The van der Waals surface area contributed by atoms with E-state index in [9.17, 15) is 13.5 Å². The number of sulfonamides is 1. The zero-order chi connectivity index (χ0) is 21.6. The molecule has 0 bridgehead atoms. The van der Waals surface area contributed by atoms with Gasteiger partial charge in [-0.25, -0.2) is 13.1 Å². The summed E-state index contributed by atoms with van der Waals surface area (Å²) in [5, 5.41) is 10.8. The molecule has 4 nitrogen and oxygen atoms in total. The van der Waals surface area contributed by atoms with Crippen LogP contribution in [0.2, 0.25) is 0 Å². The minimum absolute atomic E-state index is 0.291. The quantitative estimate of drug-likeness (QED) is 0.594. The second kappa shape index (κ2) is 10.2.